The van der Waals surface area contributed by atoms with E-state index in [1.807, 2.05) is 125 Å². The van der Waals surface area contributed by atoms with E-state index in [4.69, 9.17) is 24.4 Å². The number of amides is 3. The summed E-state index contributed by atoms with van der Waals surface area (Å²) in [7, 11) is -6.98. The van der Waals surface area contributed by atoms with E-state index in [1.165, 1.54) is 0 Å². The summed E-state index contributed by atoms with van der Waals surface area (Å²) in [5, 5.41) is 29.7. The van der Waals surface area contributed by atoms with Gasteiger partial charge in [-0.2, -0.15) is 5.11 Å². The molecule has 0 unspecified atom stereocenters. The van der Waals surface area contributed by atoms with E-state index in [1.54, 1.807) is 83.1 Å². The largest absolute Gasteiger partial charge is 1.00 e. The number of urea groups is 1. The first-order valence-corrected chi connectivity index (χ1v) is 31.6. The Morgan fingerprint density at radius 2 is 0.527 bits per heavy atom. The molecule has 0 aromatic rings. The number of thiocarbonyl (C=S) groups is 2. The van der Waals surface area contributed by atoms with Crippen molar-refractivity contribution >= 4 is 66.7 Å². The van der Waals surface area contributed by atoms with Crippen LogP contribution in [0, 0.1) is 16.2 Å². The molecule has 0 saturated heterocycles. The molecule has 0 aliphatic rings. The molecule has 0 saturated carbocycles. The van der Waals surface area contributed by atoms with Crippen LogP contribution in [-0.2, 0) is 25.0 Å². The number of sulfonamides is 1. The molecule has 0 radical (unpaired) electrons. The summed E-state index contributed by atoms with van der Waals surface area (Å²) in [6, 6.07) is -0.366. The van der Waals surface area contributed by atoms with Crippen LogP contribution in [-0.4, -0.2) is 106 Å². The summed E-state index contributed by atoms with van der Waals surface area (Å²) < 4.78 is 55.9. The maximum Gasteiger partial charge on any atom is 1.00 e. The molecule has 0 aliphatic heterocycles. The second-order valence-electron chi connectivity index (χ2n) is 34.2. The van der Waals surface area contributed by atoms with Gasteiger partial charge in [-0.25, -0.2) is 8.42 Å². The fourth-order valence-corrected chi connectivity index (χ4v) is 7.07. The number of hydrogen-bond acceptors (Lipinski definition) is 8. The molecular weight excluding hydrogens is 1950 g/mol. The molecular formula is C61H128N10O6Rb10S4. The van der Waals surface area contributed by atoms with Crippen molar-refractivity contribution in [3.63, 3.8) is 0 Å². The maximum absolute atomic E-state index is 11.5. The minimum Gasteiger partial charge on any atom is -0.690 e. The summed E-state index contributed by atoms with van der Waals surface area (Å²) in [4.78, 5) is 23.3. The molecule has 0 aromatic heterocycles. The van der Waals surface area contributed by atoms with Gasteiger partial charge in [0.25, 0.3) is 0 Å². The molecule has 0 fully saturated rings. The first-order chi connectivity index (χ1) is 34.0. The van der Waals surface area contributed by atoms with Crippen LogP contribution in [0.3, 0.4) is 0 Å². The fourth-order valence-electron chi connectivity index (χ4n) is 3.83. The molecule has 0 spiro atoms. The average molecular weight is 2080 g/mol. The van der Waals surface area contributed by atoms with Crippen LogP contribution >= 0.6 is 24.4 Å². The Kier molecular flexibility index (Phi) is 105. The molecule has 0 N–H and O–H groups in total. The van der Waals surface area contributed by atoms with Crippen molar-refractivity contribution in [2.75, 3.05) is 6.54 Å². The Balaban J connectivity index is -0.0000000460. The van der Waals surface area contributed by atoms with Gasteiger partial charge in [0.05, 0.1) is 15.9 Å². The van der Waals surface area contributed by atoms with Crippen LogP contribution in [0.1, 0.15) is 291 Å². The second-order valence-corrected chi connectivity index (χ2v) is 38.6. The van der Waals surface area contributed by atoms with Crippen LogP contribution in [0.5, 0.6) is 0 Å². The summed E-state index contributed by atoms with van der Waals surface area (Å²) in [6.07, 6.45) is 0. The van der Waals surface area contributed by atoms with Gasteiger partial charge in [0.15, 0.2) is 0 Å². The number of nitrogens with zero attached hydrogens (tertiary/aromatic N) is 10. The third-order valence-corrected chi connectivity index (χ3v) is 11.6. The van der Waals surface area contributed by atoms with Gasteiger partial charge in [0, 0.05) is 10.2 Å². The molecule has 30 heteroatoms. The Labute approximate surface area is 1070 Å². The number of carbonyl (C=O) groups excluding carboxylic acids is 2. The standard InChI is InChI=1S/C9H19N2O.C9H19N2S.C9H19NO.C9H19NS.C9H20N.C8H18N2O2S.C8H18NO2S.10Rb/c2*1-8(2,3)10-7(12)11-9(4,5)6;2*1-8(2,3)7(11)10-9(4,5)6;1-8(2,3)7-10-9(4,5)6;1-7(2,3)9-13(11,12)10-8(4,5)6;1-7(2,3)9-12(10,11)8(4,5)6;;;;;;;;;;/h2*1-6H3,(H-,10,11,12);2*1-6H3,(H,10,11);7H2,1-6H3;1-6H3;1-6H3;;;;;;;;;;/q2*-1;;;-1;-2;-1;10*+1/p-4. The van der Waals surface area contributed by atoms with E-state index in [0.717, 1.165) is 11.5 Å². The van der Waals surface area contributed by atoms with Gasteiger partial charge in [-0.05, 0) is 42.4 Å². The topological polar surface area (TPSA) is 243 Å². The molecule has 91 heavy (non-hydrogen) atoms. The monoisotopic (exact) mass is 2070 g/mol. The first-order valence-electron chi connectivity index (χ1n) is 28.0. The van der Waals surface area contributed by atoms with E-state index in [2.05, 4.69) is 134 Å². The normalized spacial score (nSPS) is 12.0. The second kappa shape index (κ2) is 64.2. The summed E-state index contributed by atoms with van der Waals surface area (Å²) in [6.45, 7) is 81.8. The zero-order valence-electron chi connectivity index (χ0n) is 70.3. The van der Waals surface area contributed by atoms with Crippen LogP contribution in [0.4, 0.5) is 4.79 Å². The zero-order chi connectivity index (χ0) is 68.1. The number of carbonyl (C=O) groups is 2. The van der Waals surface area contributed by atoms with Gasteiger partial charge in [0.2, 0.25) is 0 Å². The quantitative estimate of drug-likeness (QED) is 0.244. The molecule has 3 amide bonds. The Hall–Kier alpha value is 16.1. The van der Waals surface area contributed by atoms with Crippen LogP contribution in [0.2, 0.25) is 0 Å². The van der Waals surface area contributed by atoms with E-state index in [0.29, 0.717) is 10.5 Å². The van der Waals surface area contributed by atoms with E-state index in [9.17, 15) is 26.4 Å². The minimum atomic E-state index is -3.65. The molecule has 0 heterocycles. The fraction of sp³-hybridized carbons (Fsp3) is 0.934. The van der Waals surface area contributed by atoms with Crippen molar-refractivity contribution in [2.24, 2.45) is 16.2 Å². The number of rotatable bonds is 4. The van der Waals surface area contributed by atoms with Crippen molar-refractivity contribution < 1.29 is 608 Å². The third-order valence-electron chi connectivity index (χ3n) is 6.86. The van der Waals surface area contributed by atoms with Crippen molar-refractivity contribution in [3.05, 3.63) is 51.4 Å². The van der Waals surface area contributed by atoms with Gasteiger partial charge in [-0.3, -0.25) is 8.42 Å². The first kappa shape index (κ1) is 149. The minimum absolute atomic E-state index is 0. The molecule has 16 nitrogen and oxygen atoms in total. The smallest absolute Gasteiger partial charge is 0.690 e. The van der Waals surface area contributed by atoms with E-state index in [-0.39, 0.29) is 643 Å². The Morgan fingerprint density at radius 3 is 0.637 bits per heavy atom. The molecule has 0 aromatic carbocycles. The van der Waals surface area contributed by atoms with Crippen LogP contribution < -0.4 is 582 Å². The van der Waals surface area contributed by atoms with Gasteiger partial charge in [-0.1, -0.05) is 280 Å². The molecule has 492 valence electrons. The summed E-state index contributed by atoms with van der Waals surface area (Å²) >= 11 is 10.2. The zero-order valence-corrected chi connectivity index (χ0v) is 123. The van der Waals surface area contributed by atoms with Crippen molar-refractivity contribution in [3.8, 4) is 0 Å². The predicted molar refractivity (Wildman–Crippen MR) is 368 cm³/mol. The van der Waals surface area contributed by atoms with Crippen molar-refractivity contribution in [1.82, 2.24) is 0 Å². The number of hydrogen-bond donors (Lipinski definition) is 0. The molecule has 0 atom stereocenters. The van der Waals surface area contributed by atoms with E-state index < -0.39 is 41.6 Å². The Morgan fingerprint density at radius 1 is 0.297 bits per heavy atom. The van der Waals surface area contributed by atoms with Crippen LogP contribution in [0.15, 0.2) is 0 Å². The maximum atomic E-state index is 11.5. The SMILES string of the molecule is CC(C)(C)C[N-]C(C)(C)C.CC(C)(C)[N-]C(=O)C(C)(C)C.CC(C)(C)[N-]C(=O)[N-]C(C)(C)C.CC(C)(C)[N-]C(=S)C(C)(C)C.CC(C)(C)[N-]C(=S)[N-]C(C)(C)C.CC(C)(C)[N-]S(=O)(=O)C(C)(C)C.CC(C)(C)[N-]S(=O)(=O)[N-]C(C)(C)C.[Rb+].[Rb+].[Rb+].[Rb+].[Rb+].[Rb+].[Rb+].[Rb+].[Rb+].[Rb+]. The van der Waals surface area contributed by atoms with Gasteiger partial charge in [0.1, 0.15) is 0 Å². The van der Waals surface area contributed by atoms with E-state index >= 15 is 0 Å². The Bertz CT molecular complexity index is 1940. The molecule has 0 rings (SSSR count). The van der Waals surface area contributed by atoms with Gasteiger partial charge >= 0.3 is 582 Å². The molecule has 0 aliphatic carbocycles. The van der Waals surface area contributed by atoms with Gasteiger partial charge < -0.3 is 61.0 Å². The van der Waals surface area contributed by atoms with Crippen LogP contribution in [0.25, 0.3) is 51.4 Å². The van der Waals surface area contributed by atoms with Gasteiger partial charge in [-0.15, -0.1) is 86.4 Å². The molecule has 0 bridgehead atoms. The average Bonchev–Trinajstić information content (AvgIpc) is 2.99. The van der Waals surface area contributed by atoms with Crippen molar-refractivity contribution in [1.29, 1.82) is 0 Å². The summed E-state index contributed by atoms with van der Waals surface area (Å²) in [5.74, 6) is -0.0231. The predicted octanol–water partition coefficient (Wildman–Crippen LogP) is -8.56. The van der Waals surface area contributed by atoms with Crippen molar-refractivity contribution in [2.45, 2.75) is 351 Å². The third kappa shape index (κ3) is 136. The summed E-state index contributed by atoms with van der Waals surface area (Å²) in [5.41, 5.74) is -2.74.